The smallest absolute Gasteiger partial charge is 0.329 e. The number of fused-ring (bicyclic) bond motifs is 1. The van der Waals surface area contributed by atoms with E-state index in [9.17, 15) is 9.59 Å². The number of carbonyl (C=O) groups is 2. The third-order valence-corrected chi connectivity index (χ3v) is 5.41. The summed E-state index contributed by atoms with van der Waals surface area (Å²) in [5.74, 6) is -0.845. The predicted octanol–water partition coefficient (Wildman–Crippen LogP) is 4.34. The largest absolute Gasteiger partial charge is 0.497 e. The Kier molecular flexibility index (Phi) is 6.22. The number of carbonyl (C=O) groups excluding carboxylic acids is 2. The second-order valence-electron chi connectivity index (χ2n) is 7.54. The minimum absolute atomic E-state index is 0.570. The van der Waals surface area contributed by atoms with Crippen LogP contribution in [0, 0.1) is 13.8 Å². The number of anilines is 1. The zero-order chi connectivity index (χ0) is 23.4. The highest BCUT2D eigenvalue weighted by molar-refractivity contribution is 6.40. The van der Waals surface area contributed by atoms with Gasteiger partial charge in [-0.15, -0.1) is 0 Å². The lowest BCUT2D eigenvalue weighted by Crippen LogP contribution is -2.32. The zero-order valence-electron chi connectivity index (χ0n) is 18.6. The van der Waals surface area contributed by atoms with Crippen LogP contribution in [-0.2, 0) is 9.59 Å². The van der Waals surface area contributed by atoms with Gasteiger partial charge in [0.1, 0.15) is 5.75 Å². The van der Waals surface area contributed by atoms with E-state index in [2.05, 4.69) is 20.4 Å². The summed E-state index contributed by atoms with van der Waals surface area (Å²) >= 11 is 0. The molecular weight excluding hydrogens is 416 g/mol. The molecule has 0 bridgehead atoms. The molecule has 7 heteroatoms. The summed E-state index contributed by atoms with van der Waals surface area (Å²) in [6, 6.07) is 22.9. The molecule has 1 aromatic heterocycles. The number of aromatic nitrogens is 1. The van der Waals surface area contributed by atoms with Crippen molar-refractivity contribution in [2.24, 2.45) is 5.10 Å². The Balaban J connectivity index is 1.44. The van der Waals surface area contributed by atoms with E-state index in [0.29, 0.717) is 5.69 Å². The molecule has 0 fully saturated rings. The topological polar surface area (TPSA) is 84.7 Å². The maximum absolute atomic E-state index is 12.3. The molecule has 2 amide bonds. The predicted molar refractivity (Wildman–Crippen MR) is 130 cm³/mol. The van der Waals surface area contributed by atoms with E-state index in [1.54, 1.807) is 13.2 Å². The summed E-state index contributed by atoms with van der Waals surface area (Å²) in [4.78, 5) is 24.6. The average molecular weight is 441 g/mol. The first kappa shape index (κ1) is 21.8. The summed E-state index contributed by atoms with van der Waals surface area (Å²) < 4.78 is 7.30. The molecule has 3 aromatic carbocycles. The molecular formula is C26H24N4O3. The van der Waals surface area contributed by atoms with Crippen molar-refractivity contribution in [2.75, 3.05) is 12.4 Å². The number of rotatable bonds is 5. The number of ether oxygens (including phenoxy) is 1. The molecule has 33 heavy (non-hydrogen) atoms. The molecule has 0 radical (unpaired) electrons. The number of amides is 2. The summed E-state index contributed by atoms with van der Waals surface area (Å²) in [6.45, 7) is 3.96. The number of hydrogen-bond acceptors (Lipinski definition) is 4. The van der Waals surface area contributed by atoms with Crippen molar-refractivity contribution in [1.82, 2.24) is 9.99 Å². The van der Waals surface area contributed by atoms with E-state index in [4.69, 9.17) is 4.74 Å². The van der Waals surface area contributed by atoms with Crippen LogP contribution < -0.4 is 15.5 Å². The minimum atomic E-state index is -0.844. The number of benzene rings is 3. The quantitative estimate of drug-likeness (QED) is 0.275. The molecule has 0 atom stereocenters. The molecule has 0 unspecified atom stereocenters. The monoisotopic (exact) mass is 440 g/mol. The van der Waals surface area contributed by atoms with Crippen molar-refractivity contribution in [2.45, 2.75) is 13.8 Å². The van der Waals surface area contributed by atoms with Crippen molar-refractivity contribution >= 4 is 34.5 Å². The molecule has 4 rings (SSSR count). The number of nitrogens with zero attached hydrogens (tertiary/aromatic N) is 2. The van der Waals surface area contributed by atoms with Crippen molar-refractivity contribution in [3.8, 4) is 11.4 Å². The van der Waals surface area contributed by atoms with Crippen LogP contribution >= 0.6 is 0 Å². The average Bonchev–Trinajstić information content (AvgIpc) is 3.12. The third-order valence-electron chi connectivity index (χ3n) is 5.41. The summed E-state index contributed by atoms with van der Waals surface area (Å²) in [5, 5.41) is 8.46. The summed E-state index contributed by atoms with van der Waals surface area (Å²) in [5.41, 5.74) is 6.66. The Hall–Kier alpha value is -4.39. The second-order valence-corrected chi connectivity index (χ2v) is 7.54. The molecule has 2 N–H and O–H groups in total. The fraction of sp³-hybridized carbons (Fsp3) is 0.115. The van der Waals surface area contributed by atoms with E-state index >= 15 is 0 Å². The van der Waals surface area contributed by atoms with E-state index < -0.39 is 11.8 Å². The van der Waals surface area contributed by atoms with Gasteiger partial charge in [0.2, 0.25) is 0 Å². The highest BCUT2D eigenvalue weighted by Gasteiger charge is 2.15. The van der Waals surface area contributed by atoms with Gasteiger partial charge in [-0.25, -0.2) is 5.43 Å². The van der Waals surface area contributed by atoms with E-state index in [1.165, 1.54) is 6.21 Å². The van der Waals surface area contributed by atoms with Crippen LogP contribution in [0.3, 0.4) is 0 Å². The second kappa shape index (κ2) is 9.40. The van der Waals surface area contributed by atoms with Crippen molar-refractivity contribution in [1.29, 1.82) is 0 Å². The third kappa shape index (κ3) is 4.62. The van der Waals surface area contributed by atoms with Gasteiger partial charge in [-0.3, -0.25) is 9.59 Å². The Morgan fingerprint density at radius 3 is 2.42 bits per heavy atom. The SMILES string of the molecule is COc1ccc(-n2c(C)cc(/C=N\NC(=O)C(=O)Nc3cccc4ccccc34)c2C)cc1. The molecule has 7 nitrogen and oxygen atoms in total. The van der Waals surface area contributed by atoms with Crippen molar-refractivity contribution in [3.05, 3.63) is 89.7 Å². The molecule has 0 spiro atoms. The number of hydrogen-bond donors (Lipinski definition) is 2. The number of hydrazone groups is 1. The van der Waals surface area contributed by atoms with E-state index in [-0.39, 0.29) is 0 Å². The highest BCUT2D eigenvalue weighted by Crippen LogP contribution is 2.23. The molecule has 1 heterocycles. The lowest BCUT2D eigenvalue weighted by molar-refractivity contribution is -0.136. The molecule has 0 aliphatic carbocycles. The van der Waals surface area contributed by atoms with Gasteiger partial charge in [-0.2, -0.15) is 5.10 Å². The van der Waals surface area contributed by atoms with Crippen LogP contribution in [-0.4, -0.2) is 29.7 Å². The molecule has 166 valence electrons. The molecule has 0 saturated heterocycles. The van der Waals surface area contributed by atoms with Gasteiger partial charge >= 0.3 is 11.8 Å². The molecule has 0 aliphatic heterocycles. The fourth-order valence-corrected chi connectivity index (χ4v) is 3.77. The van der Waals surface area contributed by atoms with Gasteiger partial charge in [0, 0.05) is 33.7 Å². The molecule has 0 aliphatic rings. The van der Waals surface area contributed by atoms with E-state index in [0.717, 1.165) is 39.2 Å². The first-order chi connectivity index (χ1) is 16.0. The van der Waals surface area contributed by atoms with Crippen LogP contribution in [0.5, 0.6) is 5.75 Å². The lowest BCUT2D eigenvalue weighted by Gasteiger charge is -2.10. The Morgan fingerprint density at radius 1 is 0.939 bits per heavy atom. The van der Waals surface area contributed by atoms with Crippen LogP contribution in [0.1, 0.15) is 17.0 Å². The normalized spacial score (nSPS) is 11.0. The zero-order valence-corrected chi connectivity index (χ0v) is 18.6. The van der Waals surface area contributed by atoms with Gasteiger partial charge in [-0.1, -0.05) is 36.4 Å². The van der Waals surface area contributed by atoms with Crippen LogP contribution in [0.2, 0.25) is 0 Å². The standard InChI is InChI=1S/C26H24N4O3/c1-17-15-20(18(2)30(17)21-11-13-22(33-3)14-12-21)16-27-29-26(32)25(31)28-24-10-6-8-19-7-4-5-9-23(19)24/h4-16H,1-3H3,(H,28,31)(H,29,32)/b27-16-. The van der Waals surface area contributed by atoms with Crippen LogP contribution in [0.4, 0.5) is 5.69 Å². The van der Waals surface area contributed by atoms with Gasteiger partial charge in [-0.05, 0) is 55.6 Å². The van der Waals surface area contributed by atoms with Gasteiger partial charge in [0.15, 0.2) is 0 Å². The van der Waals surface area contributed by atoms with Crippen molar-refractivity contribution in [3.63, 3.8) is 0 Å². The van der Waals surface area contributed by atoms with E-state index in [1.807, 2.05) is 80.6 Å². The maximum Gasteiger partial charge on any atom is 0.329 e. The van der Waals surface area contributed by atoms with Crippen LogP contribution in [0.15, 0.2) is 77.9 Å². The van der Waals surface area contributed by atoms with Gasteiger partial charge in [0.25, 0.3) is 0 Å². The minimum Gasteiger partial charge on any atom is -0.497 e. The van der Waals surface area contributed by atoms with Gasteiger partial charge in [0.05, 0.1) is 13.3 Å². The Labute approximate surface area is 191 Å². The Bertz CT molecular complexity index is 1350. The molecule has 0 saturated carbocycles. The maximum atomic E-state index is 12.3. The van der Waals surface area contributed by atoms with Crippen molar-refractivity contribution < 1.29 is 14.3 Å². The van der Waals surface area contributed by atoms with Crippen LogP contribution in [0.25, 0.3) is 16.5 Å². The summed E-state index contributed by atoms with van der Waals surface area (Å²) in [6.07, 6.45) is 1.53. The summed E-state index contributed by atoms with van der Waals surface area (Å²) in [7, 11) is 1.63. The fourth-order valence-electron chi connectivity index (χ4n) is 3.77. The van der Waals surface area contributed by atoms with Gasteiger partial charge < -0.3 is 14.6 Å². The first-order valence-electron chi connectivity index (χ1n) is 10.4. The number of nitrogens with one attached hydrogen (secondary N) is 2. The number of methoxy groups -OCH3 is 1. The highest BCUT2D eigenvalue weighted by atomic mass is 16.5. The molecule has 4 aromatic rings. The Morgan fingerprint density at radius 2 is 1.67 bits per heavy atom. The lowest BCUT2D eigenvalue weighted by atomic mass is 10.1. The first-order valence-corrected chi connectivity index (χ1v) is 10.4. The number of aryl methyl sites for hydroxylation is 1.